The molecule has 0 spiro atoms. The third-order valence-corrected chi connectivity index (χ3v) is 3.67. The van der Waals surface area contributed by atoms with Crippen LogP contribution in [0.2, 0.25) is 0 Å². The molecule has 0 bridgehead atoms. The van der Waals surface area contributed by atoms with Gasteiger partial charge in [0.2, 0.25) is 5.91 Å². The van der Waals surface area contributed by atoms with Crippen molar-refractivity contribution in [2.24, 2.45) is 11.1 Å². The van der Waals surface area contributed by atoms with Crippen LogP contribution in [0.25, 0.3) is 0 Å². The number of nitrogens with zero attached hydrogens (tertiary/aromatic N) is 1. The number of primary amides is 1. The van der Waals surface area contributed by atoms with E-state index in [9.17, 15) is 9.59 Å². The fourth-order valence-electron chi connectivity index (χ4n) is 2.46. The molecule has 0 aliphatic carbocycles. The van der Waals surface area contributed by atoms with E-state index in [2.05, 4.69) is 0 Å². The van der Waals surface area contributed by atoms with Gasteiger partial charge in [-0.2, -0.15) is 0 Å². The second-order valence-electron chi connectivity index (χ2n) is 7.28. The van der Waals surface area contributed by atoms with E-state index in [4.69, 9.17) is 10.5 Å². The van der Waals surface area contributed by atoms with E-state index in [-0.39, 0.29) is 18.0 Å². The Morgan fingerprint density at radius 2 is 1.80 bits per heavy atom. The van der Waals surface area contributed by atoms with Crippen LogP contribution in [0.4, 0.5) is 4.79 Å². The summed E-state index contributed by atoms with van der Waals surface area (Å²) in [6.45, 7) is 9.93. The molecular formula is C15H28N2O3. The Hall–Kier alpha value is -1.26. The first-order valence-corrected chi connectivity index (χ1v) is 7.32. The van der Waals surface area contributed by atoms with Crippen molar-refractivity contribution in [3.8, 4) is 0 Å². The topological polar surface area (TPSA) is 72.6 Å². The lowest BCUT2D eigenvalue weighted by molar-refractivity contribution is -0.127. The maximum atomic E-state index is 12.3. The van der Waals surface area contributed by atoms with Crippen molar-refractivity contribution in [1.82, 2.24) is 4.90 Å². The molecular weight excluding hydrogens is 256 g/mol. The van der Waals surface area contributed by atoms with Crippen LogP contribution in [0.15, 0.2) is 0 Å². The van der Waals surface area contributed by atoms with Crippen LogP contribution in [0, 0.1) is 5.41 Å². The van der Waals surface area contributed by atoms with Crippen molar-refractivity contribution in [2.75, 3.05) is 6.54 Å². The molecule has 0 aromatic rings. The lowest BCUT2D eigenvalue weighted by Gasteiger charge is -2.39. The van der Waals surface area contributed by atoms with Gasteiger partial charge < -0.3 is 15.4 Å². The van der Waals surface area contributed by atoms with Gasteiger partial charge in [0.25, 0.3) is 0 Å². The van der Waals surface area contributed by atoms with Crippen molar-refractivity contribution in [3.63, 3.8) is 0 Å². The number of carbonyl (C=O) groups excluding carboxylic acids is 2. The number of nitrogens with two attached hydrogens (primary N) is 1. The Kier molecular flexibility index (Phi) is 5.05. The molecule has 1 fully saturated rings. The van der Waals surface area contributed by atoms with Crippen molar-refractivity contribution < 1.29 is 14.3 Å². The molecule has 1 rings (SSSR count). The number of piperidine rings is 1. The average molecular weight is 284 g/mol. The summed E-state index contributed by atoms with van der Waals surface area (Å²) < 4.78 is 5.45. The molecule has 0 radical (unpaired) electrons. The molecule has 20 heavy (non-hydrogen) atoms. The van der Waals surface area contributed by atoms with Gasteiger partial charge in [0, 0.05) is 18.0 Å². The smallest absolute Gasteiger partial charge is 0.410 e. The monoisotopic (exact) mass is 284 g/mol. The van der Waals surface area contributed by atoms with Crippen LogP contribution >= 0.6 is 0 Å². The van der Waals surface area contributed by atoms with Crippen LogP contribution in [-0.2, 0) is 9.53 Å². The molecule has 5 nitrogen and oxygen atoms in total. The summed E-state index contributed by atoms with van der Waals surface area (Å²) in [7, 11) is 0. The third-order valence-electron chi connectivity index (χ3n) is 3.67. The molecule has 1 atom stereocenters. The van der Waals surface area contributed by atoms with Gasteiger partial charge >= 0.3 is 6.09 Å². The van der Waals surface area contributed by atoms with Gasteiger partial charge in [-0.3, -0.25) is 4.79 Å². The summed E-state index contributed by atoms with van der Waals surface area (Å²) in [5.74, 6) is -0.327. The zero-order valence-electron chi connectivity index (χ0n) is 13.4. The molecule has 1 aliphatic rings. The van der Waals surface area contributed by atoms with Crippen LogP contribution in [0.5, 0.6) is 0 Å². The molecule has 2 amide bonds. The first-order chi connectivity index (χ1) is 9.03. The zero-order chi connectivity index (χ0) is 15.6. The molecule has 1 aliphatic heterocycles. The lowest BCUT2D eigenvalue weighted by Crippen LogP contribution is -2.49. The number of likely N-dealkylation sites (tertiary alicyclic amines) is 1. The van der Waals surface area contributed by atoms with Crippen molar-refractivity contribution in [3.05, 3.63) is 0 Å². The van der Waals surface area contributed by atoms with Gasteiger partial charge in [0.1, 0.15) is 5.60 Å². The summed E-state index contributed by atoms with van der Waals surface area (Å²) in [6, 6.07) is 0.0288. The molecule has 116 valence electrons. The first kappa shape index (κ1) is 16.8. The van der Waals surface area contributed by atoms with Crippen molar-refractivity contribution >= 4 is 12.0 Å². The average Bonchev–Trinajstić information content (AvgIpc) is 2.26. The van der Waals surface area contributed by atoms with E-state index in [1.165, 1.54) is 0 Å². The number of ether oxygens (including phenoxy) is 1. The summed E-state index contributed by atoms with van der Waals surface area (Å²) in [6.07, 6.45) is 3.24. The highest BCUT2D eigenvalue weighted by Gasteiger charge is 2.36. The largest absolute Gasteiger partial charge is 0.444 e. The Morgan fingerprint density at radius 3 is 2.30 bits per heavy atom. The summed E-state index contributed by atoms with van der Waals surface area (Å²) in [5.41, 5.74) is 4.33. The molecule has 5 heteroatoms. The lowest BCUT2D eigenvalue weighted by atomic mass is 9.82. The van der Waals surface area contributed by atoms with Crippen molar-refractivity contribution in [2.45, 2.75) is 71.9 Å². The molecule has 0 unspecified atom stereocenters. The van der Waals surface area contributed by atoms with E-state index in [1.54, 1.807) is 4.90 Å². The van der Waals surface area contributed by atoms with Crippen LogP contribution in [0.1, 0.15) is 60.3 Å². The Labute approximate surface area is 121 Å². The molecule has 0 aromatic heterocycles. The predicted octanol–water partition coefficient (Wildman–Crippen LogP) is 2.68. The Morgan fingerprint density at radius 1 is 1.20 bits per heavy atom. The zero-order valence-corrected chi connectivity index (χ0v) is 13.4. The van der Waals surface area contributed by atoms with Gasteiger partial charge in [0.15, 0.2) is 0 Å². The summed E-state index contributed by atoms with van der Waals surface area (Å²) in [4.78, 5) is 25.5. The van der Waals surface area contributed by atoms with Gasteiger partial charge in [0.05, 0.1) is 0 Å². The highest BCUT2D eigenvalue weighted by atomic mass is 16.6. The quantitative estimate of drug-likeness (QED) is 0.866. The number of carbonyl (C=O) groups is 2. The minimum absolute atomic E-state index is 0.0288. The molecule has 0 saturated carbocycles. The minimum atomic E-state index is -0.609. The summed E-state index contributed by atoms with van der Waals surface area (Å²) in [5, 5.41) is 0. The van der Waals surface area contributed by atoms with Crippen molar-refractivity contribution in [1.29, 1.82) is 0 Å². The molecule has 1 saturated heterocycles. The molecule has 0 aromatic carbocycles. The Balaban J connectivity index is 2.77. The van der Waals surface area contributed by atoms with Crippen LogP contribution < -0.4 is 5.73 Å². The fraction of sp³-hybridized carbons (Fsp3) is 0.867. The van der Waals surface area contributed by atoms with E-state index < -0.39 is 11.0 Å². The van der Waals surface area contributed by atoms with Crippen LogP contribution in [0.3, 0.4) is 0 Å². The standard InChI is InChI=1S/C15H28N2O3/c1-14(2,3)20-13(19)17-9-7-6-8-11(17)10-15(4,5)12(16)18/h11H,6-10H2,1-5H3,(H2,16,18)/t11-/m0/s1. The number of hydrogen-bond acceptors (Lipinski definition) is 3. The molecule has 1 heterocycles. The van der Waals surface area contributed by atoms with Gasteiger partial charge in [-0.1, -0.05) is 13.8 Å². The van der Waals surface area contributed by atoms with E-state index >= 15 is 0 Å². The SMILES string of the molecule is CC(C)(C)OC(=O)N1CCCC[C@H]1CC(C)(C)C(N)=O. The van der Waals surface area contributed by atoms with Gasteiger partial charge in [-0.15, -0.1) is 0 Å². The third kappa shape index (κ3) is 4.69. The second kappa shape index (κ2) is 6.02. The number of amides is 2. The highest BCUT2D eigenvalue weighted by molar-refractivity contribution is 5.80. The number of hydrogen-bond donors (Lipinski definition) is 1. The maximum Gasteiger partial charge on any atom is 0.410 e. The van der Waals surface area contributed by atoms with E-state index in [1.807, 2.05) is 34.6 Å². The predicted molar refractivity (Wildman–Crippen MR) is 78.2 cm³/mol. The highest BCUT2D eigenvalue weighted by Crippen LogP contribution is 2.30. The maximum absolute atomic E-state index is 12.3. The van der Waals surface area contributed by atoms with Crippen LogP contribution in [-0.4, -0.2) is 35.1 Å². The van der Waals surface area contributed by atoms with E-state index in [0.29, 0.717) is 13.0 Å². The second-order valence-corrected chi connectivity index (χ2v) is 7.28. The fourth-order valence-corrected chi connectivity index (χ4v) is 2.46. The normalized spacial score (nSPS) is 20.6. The Bertz CT molecular complexity index is 372. The van der Waals surface area contributed by atoms with Gasteiger partial charge in [-0.25, -0.2) is 4.79 Å². The van der Waals surface area contributed by atoms with E-state index in [0.717, 1.165) is 19.3 Å². The minimum Gasteiger partial charge on any atom is -0.444 e. The first-order valence-electron chi connectivity index (χ1n) is 7.32. The summed E-state index contributed by atoms with van der Waals surface area (Å²) >= 11 is 0. The molecule has 2 N–H and O–H groups in total. The number of rotatable bonds is 3. The van der Waals surface area contributed by atoms with Gasteiger partial charge in [-0.05, 0) is 46.5 Å².